The Balaban J connectivity index is 2.29. The molecule has 0 saturated heterocycles. The predicted octanol–water partition coefficient (Wildman–Crippen LogP) is 4.21. The van der Waals surface area contributed by atoms with Crippen LogP contribution in [0.4, 0.5) is 4.39 Å². The summed E-state index contributed by atoms with van der Waals surface area (Å²) < 4.78 is 51.0. The summed E-state index contributed by atoms with van der Waals surface area (Å²) >= 11 is 0. The molecular weight excluding hydrogens is 453 g/mol. The number of halogens is 1. The van der Waals surface area contributed by atoms with Crippen LogP contribution in [0, 0.1) is 5.82 Å². The van der Waals surface area contributed by atoms with Crippen LogP contribution in [0.1, 0.15) is 39.5 Å². The standard InChI is InChI=1S/C23H28FNO7S/c1-3-5-6-21(23(27)28)25(16-15-22(26)31-4-2)33(29,30)20-13-11-19(12-14-20)32-18-9-7-17(24)8-10-18/h7-14,21H,3-6,15-16H2,1-2H3,(H,27,28). The Labute approximate surface area is 193 Å². The number of hydrogen-bond acceptors (Lipinski definition) is 6. The second kappa shape index (κ2) is 12.3. The summed E-state index contributed by atoms with van der Waals surface area (Å²) in [6, 6.07) is 9.44. The number of sulfonamides is 1. The van der Waals surface area contributed by atoms with Crippen molar-refractivity contribution in [3.05, 3.63) is 54.3 Å². The van der Waals surface area contributed by atoms with Crippen molar-refractivity contribution in [2.45, 2.75) is 50.5 Å². The minimum atomic E-state index is -4.24. The third-order valence-corrected chi connectivity index (χ3v) is 6.71. The van der Waals surface area contributed by atoms with E-state index in [1.54, 1.807) is 6.92 Å². The van der Waals surface area contributed by atoms with Gasteiger partial charge >= 0.3 is 11.9 Å². The van der Waals surface area contributed by atoms with Crippen molar-refractivity contribution in [3.63, 3.8) is 0 Å². The number of ether oxygens (including phenoxy) is 2. The second-order valence-electron chi connectivity index (χ2n) is 7.19. The van der Waals surface area contributed by atoms with Gasteiger partial charge in [-0.2, -0.15) is 4.31 Å². The van der Waals surface area contributed by atoms with Crippen molar-refractivity contribution in [3.8, 4) is 11.5 Å². The number of unbranched alkanes of at least 4 members (excludes halogenated alkanes) is 1. The maximum absolute atomic E-state index is 13.3. The molecule has 0 aliphatic carbocycles. The zero-order valence-electron chi connectivity index (χ0n) is 18.6. The molecule has 2 aromatic carbocycles. The Bertz CT molecular complexity index is 1020. The number of carboxylic acid groups (broad SMARTS) is 1. The molecule has 0 aliphatic heterocycles. The van der Waals surface area contributed by atoms with Crippen molar-refractivity contribution in [2.75, 3.05) is 13.2 Å². The van der Waals surface area contributed by atoms with E-state index in [-0.39, 0.29) is 30.9 Å². The Morgan fingerprint density at radius 1 is 1.03 bits per heavy atom. The first-order valence-corrected chi connectivity index (χ1v) is 12.1. The fourth-order valence-corrected chi connectivity index (χ4v) is 4.73. The monoisotopic (exact) mass is 481 g/mol. The maximum atomic E-state index is 13.3. The van der Waals surface area contributed by atoms with Crippen LogP contribution in [-0.4, -0.2) is 49.0 Å². The molecular formula is C23H28FNO7S. The fourth-order valence-electron chi connectivity index (χ4n) is 3.12. The zero-order valence-corrected chi connectivity index (χ0v) is 19.4. The molecule has 2 rings (SSSR count). The Morgan fingerprint density at radius 3 is 2.12 bits per heavy atom. The minimum Gasteiger partial charge on any atom is -0.480 e. The van der Waals surface area contributed by atoms with Crippen LogP contribution in [0.3, 0.4) is 0 Å². The highest BCUT2D eigenvalue weighted by atomic mass is 32.2. The topological polar surface area (TPSA) is 110 Å². The summed E-state index contributed by atoms with van der Waals surface area (Å²) in [5, 5.41) is 9.71. The van der Waals surface area contributed by atoms with Gasteiger partial charge < -0.3 is 14.6 Å². The van der Waals surface area contributed by atoms with Gasteiger partial charge in [0, 0.05) is 6.54 Å². The average molecular weight is 482 g/mol. The molecule has 180 valence electrons. The summed E-state index contributed by atoms with van der Waals surface area (Å²) in [6.45, 7) is 3.31. The lowest BCUT2D eigenvalue weighted by Gasteiger charge is -2.28. The van der Waals surface area contributed by atoms with Crippen LogP contribution >= 0.6 is 0 Å². The van der Waals surface area contributed by atoms with Gasteiger partial charge in [0.15, 0.2) is 0 Å². The number of carboxylic acids is 1. The molecule has 0 aromatic heterocycles. The summed E-state index contributed by atoms with van der Waals surface area (Å²) in [4.78, 5) is 23.6. The highest BCUT2D eigenvalue weighted by Crippen LogP contribution is 2.26. The molecule has 1 unspecified atom stereocenters. The molecule has 1 atom stereocenters. The average Bonchev–Trinajstić information content (AvgIpc) is 2.77. The van der Waals surface area contributed by atoms with Gasteiger partial charge in [0.2, 0.25) is 10.0 Å². The lowest BCUT2D eigenvalue weighted by Crippen LogP contribution is -2.46. The minimum absolute atomic E-state index is 0.111. The molecule has 33 heavy (non-hydrogen) atoms. The molecule has 1 N–H and O–H groups in total. The zero-order chi connectivity index (χ0) is 24.4. The number of benzene rings is 2. The molecule has 0 bridgehead atoms. The Hall–Kier alpha value is -2.98. The van der Waals surface area contributed by atoms with Gasteiger partial charge in [-0.05, 0) is 61.9 Å². The van der Waals surface area contributed by atoms with Gasteiger partial charge in [-0.15, -0.1) is 0 Å². The number of rotatable bonds is 13. The van der Waals surface area contributed by atoms with Gasteiger partial charge in [0.25, 0.3) is 0 Å². The third-order valence-electron chi connectivity index (χ3n) is 4.79. The Kier molecular flexibility index (Phi) is 9.80. The van der Waals surface area contributed by atoms with Crippen LogP contribution in [-0.2, 0) is 24.3 Å². The highest BCUT2D eigenvalue weighted by Gasteiger charge is 2.36. The van der Waals surface area contributed by atoms with E-state index >= 15 is 0 Å². The van der Waals surface area contributed by atoms with E-state index in [9.17, 15) is 27.5 Å². The van der Waals surface area contributed by atoms with Crippen LogP contribution in [0.15, 0.2) is 53.4 Å². The lowest BCUT2D eigenvalue weighted by molar-refractivity contribution is -0.145. The van der Waals surface area contributed by atoms with Gasteiger partial charge in [0.05, 0.1) is 17.9 Å². The van der Waals surface area contributed by atoms with E-state index in [0.29, 0.717) is 24.3 Å². The SMILES string of the molecule is CCCCC(C(=O)O)N(CCC(=O)OCC)S(=O)(=O)c1ccc(Oc2ccc(F)cc2)cc1. The molecule has 0 fully saturated rings. The van der Waals surface area contributed by atoms with Crippen LogP contribution < -0.4 is 4.74 Å². The molecule has 0 saturated carbocycles. The van der Waals surface area contributed by atoms with E-state index in [0.717, 1.165) is 4.31 Å². The highest BCUT2D eigenvalue weighted by molar-refractivity contribution is 7.89. The van der Waals surface area contributed by atoms with E-state index in [1.807, 2.05) is 6.92 Å². The van der Waals surface area contributed by atoms with Crippen LogP contribution in [0.5, 0.6) is 11.5 Å². The largest absolute Gasteiger partial charge is 0.480 e. The molecule has 0 amide bonds. The number of nitrogens with zero attached hydrogens (tertiary/aromatic N) is 1. The van der Waals surface area contributed by atoms with Crippen molar-refractivity contribution in [1.29, 1.82) is 0 Å². The number of carbonyl (C=O) groups is 2. The summed E-state index contributed by atoms with van der Waals surface area (Å²) in [5.74, 6) is -1.62. The van der Waals surface area contributed by atoms with E-state index in [2.05, 4.69) is 0 Å². The maximum Gasteiger partial charge on any atom is 0.322 e. The van der Waals surface area contributed by atoms with Crippen LogP contribution in [0.2, 0.25) is 0 Å². The fraction of sp³-hybridized carbons (Fsp3) is 0.391. The van der Waals surface area contributed by atoms with Gasteiger partial charge in [-0.3, -0.25) is 9.59 Å². The van der Waals surface area contributed by atoms with Crippen molar-refractivity contribution in [1.82, 2.24) is 4.31 Å². The predicted molar refractivity (Wildman–Crippen MR) is 119 cm³/mol. The van der Waals surface area contributed by atoms with Crippen molar-refractivity contribution in [2.24, 2.45) is 0 Å². The molecule has 2 aromatic rings. The second-order valence-corrected chi connectivity index (χ2v) is 9.08. The third kappa shape index (κ3) is 7.54. The molecule has 0 aliphatic rings. The van der Waals surface area contributed by atoms with Crippen molar-refractivity contribution < 1.29 is 37.0 Å². The molecule has 10 heteroatoms. The number of carbonyl (C=O) groups excluding carboxylic acids is 1. The first kappa shape index (κ1) is 26.3. The summed E-state index contributed by atoms with van der Waals surface area (Å²) in [5.41, 5.74) is 0. The summed E-state index contributed by atoms with van der Waals surface area (Å²) in [7, 11) is -4.24. The molecule has 0 heterocycles. The molecule has 0 radical (unpaired) electrons. The number of hydrogen-bond donors (Lipinski definition) is 1. The molecule has 0 spiro atoms. The summed E-state index contributed by atoms with van der Waals surface area (Å²) in [6.07, 6.45) is 1.03. The van der Waals surface area contributed by atoms with Gasteiger partial charge in [-0.1, -0.05) is 19.8 Å². The van der Waals surface area contributed by atoms with E-state index in [4.69, 9.17) is 9.47 Å². The smallest absolute Gasteiger partial charge is 0.322 e. The first-order chi connectivity index (χ1) is 15.7. The first-order valence-electron chi connectivity index (χ1n) is 10.6. The van der Waals surface area contributed by atoms with Crippen molar-refractivity contribution >= 4 is 22.0 Å². The molecule has 8 nitrogen and oxygen atoms in total. The lowest BCUT2D eigenvalue weighted by atomic mass is 10.1. The number of aliphatic carboxylic acids is 1. The Morgan fingerprint density at radius 2 is 1.61 bits per heavy atom. The quantitative estimate of drug-likeness (QED) is 0.427. The van der Waals surface area contributed by atoms with E-state index in [1.165, 1.54) is 48.5 Å². The normalized spacial score (nSPS) is 12.4. The van der Waals surface area contributed by atoms with Gasteiger partial charge in [-0.25, -0.2) is 12.8 Å². The van der Waals surface area contributed by atoms with Gasteiger partial charge in [0.1, 0.15) is 23.4 Å². The van der Waals surface area contributed by atoms with E-state index < -0.39 is 33.8 Å². The number of esters is 1. The van der Waals surface area contributed by atoms with Crippen LogP contribution in [0.25, 0.3) is 0 Å².